The van der Waals surface area contributed by atoms with Crippen molar-refractivity contribution in [3.63, 3.8) is 0 Å². The first-order valence-corrected chi connectivity index (χ1v) is 18.7. The molecule has 3 aromatic heterocycles. The lowest BCUT2D eigenvalue weighted by Gasteiger charge is -2.36. The van der Waals surface area contributed by atoms with Crippen molar-refractivity contribution in [2.24, 2.45) is 11.8 Å². The molecule has 0 aliphatic heterocycles. The second-order valence-corrected chi connectivity index (χ2v) is 15.3. The molecule has 2 fully saturated rings. The second kappa shape index (κ2) is 10.7. The van der Waals surface area contributed by atoms with Crippen LogP contribution in [0.2, 0.25) is 0 Å². The van der Waals surface area contributed by atoms with E-state index in [1.165, 1.54) is 63.9 Å². The van der Waals surface area contributed by atoms with Crippen LogP contribution in [0.4, 0.5) is 0 Å². The maximum absolute atomic E-state index is 5.28. The minimum Gasteiger partial charge on any atom is -0.307 e. The van der Waals surface area contributed by atoms with Gasteiger partial charge in [-0.1, -0.05) is 109 Å². The largest absolute Gasteiger partial charge is 0.307 e. The zero-order valence-electron chi connectivity index (χ0n) is 28.7. The lowest BCUT2D eigenvalue weighted by molar-refractivity contribution is 0.297. The molecule has 52 heavy (non-hydrogen) atoms. The number of nitrogens with zero attached hydrogens (tertiary/aromatic N) is 5. The quantitative estimate of drug-likeness (QED) is 0.187. The average Bonchev–Trinajstić information content (AvgIpc) is 3.81. The summed E-state index contributed by atoms with van der Waals surface area (Å²) >= 11 is 0. The molecule has 3 bridgehead atoms. The summed E-state index contributed by atoms with van der Waals surface area (Å²) in [5, 5.41) is 4.97. The highest BCUT2D eigenvalue weighted by atomic mass is 15.2. The highest BCUT2D eigenvalue weighted by Crippen LogP contribution is 2.61. The van der Waals surface area contributed by atoms with Gasteiger partial charge in [-0.3, -0.25) is 4.57 Å². The molecule has 6 aromatic carbocycles. The average molecular weight is 670 g/mol. The van der Waals surface area contributed by atoms with E-state index in [4.69, 9.17) is 15.0 Å². The van der Waals surface area contributed by atoms with Gasteiger partial charge in [0.05, 0.1) is 22.1 Å². The monoisotopic (exact) mass is 669 g/mol. The molecule has 248 valence electrons. The van der Waals surface area contributed by atoms with Gasteiger partial charge in [-0.2, -0.15) is 9.97 Å². The number of para-hydroxylation sites is 2. The minimum absolute atomic E-state index is 0.616. The van der Waals surface area contributed by atoms with Crippen molar-refractivity contribution in [3.05, 3.63) is 151 Å². The van der Waals surface area contributed by atoms with Crippen LogP contribution in [-0.2, 0) is 0 Å². The first kappa shape index (κ1) is 28.6. The Labute approximate surface area is 301 Å². The lowest BCUT2D eigenvalue weighted by Crippen LogP contribution is -2.22. The molecule has 0 N–H and O–H groups in total. The van der Waals surface area contributed by atoms with Crippen LogP contribution in [0.1, 0.15) is 48.6 Å². The normalized spacial score (nSPS) is 20.4. The van der Waals surface area contributed by atoms with Crippen molar-refractivity contribution in [1.29, 1.82) is 0 Å². The van der Waals surface area contributed by atoms with Gasteiger partial charge in [-0.25, -0.2) is 4.98 Å². The summed E-state index contributed by atoms with van der Waals surface area (Å²) in [5.41, 5.74) is 11.0. The molecule has 0 saturated heterocycles. The summed E-state index contributed by atoms with van der Waals surface area (Å²) in [5.74, 6) is 5.04. The van der Waals surface area contributed by atoms with Gasteiger partial charge in [0.15, 0.2) is 11.6 Å². The van der Waals surface area contributed by atoms with Gasteiger partial charge in [0, 0.05) is 38.4 Å². The standard InChI is InChI=1S/C47H35N5/c1-4-12-29(13-5-1)45-48-46(30-14-6-2-7-15-30)50-47(49-45)52-41-19-11-10-18-34(41)35-20-21-36-40-26-38-32-23-28-22-31(25-32)37(24-28)39(38)27-42(40)51(43(36)44(35)52)33-16-8-3-9-17-33/h1-21,26-28,31-32,37H,22-25H2. The van der Waals surface area contributed by atoms with E-state index < -0.39 is 0 Å². The number of hydrogen-bond donors (Lipinski definition) is 0. The SMILES string of the molecule is c1ccc(-c2nc(-c3ccccc3)nc(-n3c4ccccc4c4ccc5c6cc7c(cc6n(-c6ccccc6)c5c43)C3CC4CC7CC3C4)n2)cc1. The van der Waals surface area contributed by atoms with Crippen molar-refractivity contribution >= 4 is 43.6 Å². The topological polar surface area (TPSA) is 48.5 Å². The van der Waals surface area contributed by atoms with E-state index >= 15 is 0 Å². The Morgan fingerprint density at radius 3 is 1.83 bits per heavy atom. The molecule has 3 aliphatic carbocycles. The van der Waals surface area contributed by atoms with Crippen molar-refractivity contribution in [2.75, 3.05) is 0 Å². The molecule has 5 nitrogen and oxygen atoms in total. The molecule has 4 unspecified atom stereocenters. The van der Waals surface area contributed by atoms with Crippen LogP contribution in [0, 0.1) is 11.8 Å². The third kappa shape index (κ3) is 4.02. The molecular formula is C47H35N5. The summed E-state index contributed by atoms with van der Waals surface area (Å²) < 4.78 is 4.83. The Morgan fingerprint density at radius 2 is 1.10 bits per heavy atom. The van der Waals surface area contributed by atoms with Gasteiger partial charge < -0.3 is 4.57 Å². The zero-order valence-corrected chi connectivity index (χ0v) is 28.7. The predicted molar refractivity (Wildman–Crippen MR) is 210 cm³/mol. The van der Waals surface area contributed by atoms with E-state index in [0.29, 0.717) is 29.4 Å². The fourth-order valence-electron chi connectivity index (χ4n) is 10.4. The van der Waals surface area contributed by atoms with Crippen LogP contribution in [0.15, 0.2) is 140 Å². The van der Waals surface area contributed by atoms with Gasteiger partial charge in [0.25, 0.3) is 0 Å². The zero-order chi connectivity index (χ0) is 33.9. The summed E-state index contributed by atoms with van der Waals surface area (Å²) in [6, 6.07) is 50.1. The van der Waals surface area contributed by atoms with Gasteiger partial charge in [-0.05, 0) is 90.8 Å². The third-order valence-electron chi connectivity index (χ3n) is 12.5. The molecule has 2 saturated carbocycles. The van der Waals surface area contributed by atoms with E-state index in [0.717, 1.165) is 34.0 Å². The molecule has 5 heteroatoms. The highest BCUT2D eigenvalue weighted by Gasteiger charge is 2.47. The summed E-state index contributed by atoms with van der Waals surface area (Å²) in [7, 11) is 0. The fourth-order valence-corrected chi connectivity index (χ4v) is 10.4. The van der Waals surface area contributed by atoms with Crippen molar-refractivity contribution in [1.82, 2.24) is 24.1 Å². The summed E-state index contributed by atoms with van der Waals surface area (Å²) in [6.07, 6.45) is 5.50. The summed E-state index contributed by atoms with van der Waals surface area (Å²) in [6.45, 7) is 0. The second-order valence-electron chi connectivity index (χ2n) is 15.3. The van der Waals surface area contributed by atoms with E-state index in [1.807, 2.05) is 36.4 Å². The number of fused-ring (bicyclic) bond motifs is 12. The fraction of sp³-hybridized carbons (Fsp3) is 0.170. The molecule has 0 spiro atoms. The Bertz CT molecular complexity index is 2810. The molecule has 0 radical (unpaired) electrons. The first-order valence-electron chi connectivity index (χ1n) is 18.7. The lowest BCUT2D eigenvalue weighted by atomic mass is 9.69. The van der Waals surface area contributed by atoms with Crippen molar-refractivity contribution in [2.45, 2.75) is 37.5 Å². The highest BCUT2D eigenvalue weighted by molar-refractivity contribution is 6.23. The van der Waals surface area contributed by atoms with Crippen molar-refractivity contribution in [3.8, 4) is 34.4 Å². The van der Waals surface area contributed by atoms with Gasteiger partial charge in [0.1, 0.15) is 0 Å². The maximum atomic E-state index is 5.28. The van der Waals surface area contributed by atoms with Crippen LogP contribution >= 0.6 is 0 Å². The third-order valence-corrected chi connectivity index (χ3v) is 12.5. The van der Waals surface area contributed by atoms with Crippen LogP contribution in [-0.4, -0.2) is 24.1 Å². The van der Waals surface area contributed by atoms with Crippen molar-refractivity contribution < 1.29 is 0 Å². The Hall–Kier alpha value is -6.07. The van der Waals surface area contributed by atoms with Gasteiger partial charge in [-0.15, -0.1) is 0 Å². The molecule has 9 aromatic rings. The molecule has 3 heterocycles. The van der Waals surface area contributed by atoms with Crippen LogP contribution in [0.5, 0.6) is 0 Å². The minimum atomic E-state index is 0.616. The van der Waals surface area contributed by atoms with E-state index in [2.05, 4.69) is 112 Å². The van der Waals surface area contributed by atoms with E-state index in [-0.39, 0.29) is 0 Å². The smallest absolute Gasteiger partial charge is 0.238 e. The molecule has 12 rings (SSSR count). The summed E-state index contributed by atoms with van der Waals surface area (Å²) in [4.78, 5) is 15.6. The van der Waals surface area contributed by atoms with Gasteiger partial charge in [0.2, 0.25) is 5.95 Å². The number of hydrogen-bond acceptors (Lipinski definition) is 3. The van der Waals surface area contributed by atoms with Crippen LogP contribution in [0.25, 0.3) is 78.0 Å². The van der Waals surface area contributed by atoms with Crippen LogP contribution < -0.4 is 0 Å². The Morgan fingerprint density at radius 1 is 0.462 bits per heavy atom. The number of benzene rings is 6. The number of rotatable bonds is 4. The predicted octanol–water partition coefficient (Wildman–Crippen LogP) is 11.4. The van der Waals surface area contributed by atoms with E-state index in [1.54, 1.807) is 11.1 Å². The Kier molecular flexibility index (Phi) is 5.90. The van der Waals surface area contributed by atoms with Gasteiger partial charge >= 0.3 is 0 Å². The molecule has 3 aliphatic rings. The first-order chi connectivity index (χ1) is 25.8. The molecule has 0 amide bonds. The van der Waals surface area contributed by atoms with Crippen LogP contribution in [0.3, 0.4) is 0 Å². The maximum Gasteiger partial charge on any atom is 0.238 e. The molecule has 4 atom stereocenters. The number of aromatic nitrogens is 5. The molecular weight excluding hydrogens is 635 g/mol. The van der Waals surface area contributed by atoms with E-state index in [9.17, 15) is 0 Å². The Balaban J connectivity index is 1.24.